The van der Waals surface area contributed by atoms with E-state index in [-0.39, 0.29) is 18.7 Å². The number of piperidine rings is 1. The molecule has 0 aromatic heterocycles. The third-order valence-corrected chi connectivity index (χ3v) is 5.74. The number of hydrogen-bond acceptors (Lipinski definition) is 5. The molecule has 2 saturated heterocycles. The molecule has 3 rings (SSSR count). The molecule has 2 bridgehead atoms. The van der Waals surface area contributed by atoms with Gasteiger partial charge in [0.05, 0.1) is 32.8 Å². The molecule has 8 heteroatoms. The molecule has 3 unspecified atom stereocenters. The number of esters is 1. The smallest absolute Gasteiger partial charge is 0.316 e. The minimum absolute atomic E-state index is 0.00825. The quantitative estimate of drug-likeness (QED) is 0.363. The van der Waals surface area contributed by atoms with Crippen molar-refractivity contribution in [3.05, 3.63) is 46.0 Å². The molecule has 2 aliphatic rings. The molecule has 0 radical (unpaired) electrons. The van der Waals surface area contributed by atoms with Gasteiger partial charge in [-0.05, 0) is 5.56 Å². The van der Waals surface area contributed by atoms with E-state index >= 15 is 0 Å². The molecule has 0 amide bonds. The maximum atomic E-state index is 12.5. The second kappa shape index (κ2) is 8.46. The molecule has 3 atom stereocenters. The Labute approximate surface area is 152 Å². The molecular formula is C18H27N2O6+. The third kappa shape index (κ3) is 4.70. The van der Waals surface area contributed by atoms with Gasteiger partial charge in [-0.25, -0.2) is 0 Å². The highest BCUT2D eigenvalue weighted by Crippen LogP contribution is 2.40. The molecule has 0 spiro atoms. The Morgan fingerprint density at radius 3 is 2.23 bits per heavy atom. The van der Waals surface area contributed by atoms with E-state index < -0.39 is 11.0 Å². The summed E-state index contributed by atoms with van der Waals surface area (Å²) in [5.41, 5.74) is 0.824. The zero-order valence-electron chi connectivity index (χ0n) is 15.2. The number of nitrogens with zero attached hydrogens (tertiary/aromatic N) is 2. The van der Waals surface area contributed by atoms with Crippen molar-refractivity contribution >= 4 is 5.97 Å². The van der Waals surface area contributed by atoms with Gasteiger partial charge in [-0.15, -0.1) is 10.1 Å². The number of carbonyl (C=O) groups is 1. The molecule has 0 aliphatic carbocycles. The monoisotopic (exact) mass is 367 g/mol. The van der Waals surface area contributed by atoms with E-state index in [0.717, 1.165) is 22.9 Å². The highest BCUT2D eigenvalue weighted by molar-refractivity contribution is 5.78. The van der Waals surface area contributed by atoms with Gasteiger partial charge < -0.3 is 19.5 Å². The average Bonchev–Trinajstić information content (AvgIpc) is 2.75. The number of fused-ring (bicyclic) bond motifs is 2. The summed E-state index contributed by atoms with van der Waals surface area (Å²) in [4.78, 5) is 20.8. The summed E-state index contributed by atoms with van der Waals surface area (Å²) < 4.78 is 6.83. The molecule has 26 heavy (non-hydrogen) atoms. The largest absolute Gasteiger partial charge is 0.461 e. The Morgan fingerprint density at radius 1 is 1.27 bits per heavy atom. The molecule has 0 saturated carbocycles. The van der Waals surface area contributed by atoms with Crippen LogP contribution in [-0.4, -0.2) is 64.7 Å². The number of carbonyl (C=O) groups excluding carboxylic acids is 1. The Bertz CT molecular complexity index is 601. The predicted molar refractivity (Wildman–Crippen MR) is 93.1 cm³/mol. The van der Waals surface area contributed by atoms with Crippen LogP contribution in [0.5, 0.6) is 0 Å². The van der Waals surface area contributed by atoms with E-state index in [2.05, 4.69) is 14.1 Å². The molecular weight excluding hydrogens is 340 g/mol. The molecule has 1 aromatic rings. The van der Waals surface area contributed by atoms with Crippen LogP contribution in [0, 0.1) is 10.1 Å². The summed E-state index contributed by atoms with van der Waals surface area (Å²) in [6, 6.07) is 10.6. The lowest BCUT2D eigenvalue weighted by Crippen LogP contribution is -2.56. The van der Waals surface area contributed by atoms with Crippen molar-refractivity contribution < 1.29 is 29.4 Å². The number of benzene rings is 1. The Balaban J connectivity index is 0.000000552. The summed E-state index contributed by atoms with van der Waals surface area (Å²) in [5, 5.41) is 23.2. The Kier molecular flexibility index (Phi) is 6.55. The first-order valence-electron chi connectivity index (χ1n) is 8.78. The van der Waals surface area contributed by atoms with Crippen LogP contribution in [0.15, 0.2) is 30.3 Å². The third-order valence-electron chi connectivity index (χ3n) is 5.74. The van der Waals surface area contributed by atoms with Gasteiger partial charge in [0, 0.05) is 25.7 Å². The standard InChI is InChI=1S/C18H26NO3.HNO3/c1-19(2)14-8-9-15(19)11-16(10-14)22-18(21)17(12-20)13-6-4-3-5-7-13;2-1(3)4/h3-7,14-17,20H,8-12H2,1-2H3;(H,2,3,4)/q+1;. The normalized spacial score (nSPS) is 27.0. The minimum Gasteiger partial charge on any atom is -0.461 e. The van der Waals surface area contributed by atoms with Crippen LogP contribution in [0.2, 0.25) is 0 Å². The van der Waals surface area contributed by atoms with Crippen LogP contribution in [0.1, 0.15) is 37.2 Å². The maximum absolute atomic E-state index is 12.5. The summed E-state index contributed by atoms with van der Waals surface area (Å²) >= 11 is 0. The first kappa shape index (κ1) is 20.1. The van der Waals surface area contributed by atoms with Crippen molar-refractivity contribution in [2.24, 2.45) is 0 Å². The SMILES string of the molecule is C[N+]1(C)C2CCC1CC(OC(=O)C(CO)c1ccccc1)C2.O=[N+]([O-])O. The van der Waals surface area contributed by atoms with E-state index in [1.165, 1.54) is 12.8 Å². The van der Waals surface area contributed by atoms with E-state index in [1.807, 2.05) is 30.3 Å². The maximum Gasteiger partial charge on any atom is 0.316 e. The molecule has 2 N–H and O–H groups in total. The molecule has 2 fully saturated rings. The fourth-order valence-corrected chi connectivity index (χ4v) is 4.17. The number of aliphatic hydroxyl groups excluding tert-OH is 1. The second-order valence-electron chi connectivity index (χ2n) is 7.43. The molecule has 2 aliphatic heterocycles. The van der Waals surface area contributed by atoms with Gasteiger partial charge in [0.1, 0.15) is 12.0 Å². The van der Waals surface area contributed by atoms with Crippen LogP contribution in [-0.2, 0) is 9.53 Å². The van der Waals surface area contributed by atoms with E-state index in [4.69, 9.17) is 20.1 Å². The van der Waals surface area contributed by atoms with E-state index in [0.29, 0.717) is 12.1 Å². The van der Waals surface area contributed by atoms with Gasteiger partial charge in [-0.1, -0.05) is 30.3 Å². The topological polar surface area (TPSA) is 110 Å². The average molecular weight is 367 g/mol. The lowest BCUT2D eigenvalue weighted by molar-refractivity contribution is -0.931. The fourth-order valence-electron chi connectivity index (χ4n) is 4.17. The summed E-state index contributed by atoms with van der Waals surface area (Å²) in [7, 11) is 4.59. The van der Waals surface area contributed by atoms with Crippen LogP contribution in [0.4, 0.5) is 0 Å². The summed E-state index contributed by atoms with van der Waals surface area (Å²) in [6.45, 7) is -0.204. The number of ether oxygens (including phenoxy) is 1. The highest BCUT2D eigenvalue weighted by Gasteiger charge is 2.50. The number of hydrogen-bond donors (Lipinski definition) is 2. The Hall–Kier alpha value is -2.19. The van der Waals surface area contributed by atoms with Gasteiger partial charge in [-0.3, -0.25) is 4.79 Å². The van der Waals surface area contributed by atoms with Crippen molar-refractivity contribution in [2.75, 3.05) is 20.7 Å². The lowest BCUT2D eigenvalue weighted by Gasteiger charge is -2.44. The second-order valence-corrected chi connectivity index (χ2v) is 7.43. The van der Waals surface area contributed by atoms with E-state index in [1.54, 1.807) is 0 Å². The zero-order chi connectivity index (χ0) is 19.3. The van der Waals surface area contributed by atoms with Crippen molar-refractivity contribution in [1.29, 1.82) is 0 Å². The first-order chi connectivity index (χ1) is 12.3. The van der Waals surface area contributed by atoms with Gasteiger partial charge in [0.2, 0.25) is 0 Å². The lowest BCUT2D eigenvalue weighted by atomic mass is 9.96. The van der Waals surface area contributed by atoms with Crippen molar-refractivity contribution in [2.45, 2.75) is 49.8 Å². The van der Waals surface area contributed by atoms with Crippen molar-refractivity contribution in [1.82, 2.24) is 0 Å². The van der Waals surface area contributed by atoms with Gasteiger partial charge >= 0.3 is 5.97 Å². The Morgan fingerprint density at radius 2 is 1.77 bits per heavy atom. The van der Waals surface area contributed by atoms with Gasteiger partial charge in [0.15, 0.2) is 0 Å². The predicted octanol–water partition coefficient (Wildman–Crippen LogP) is 1.73. The fraction of sp³-hybridized carbons (Fsp3) is 0.611. The van der Waals surface area contributed by atoms with Crippen LogP contribution < -0.4 is 0 Å². The van der Waals surface area contributed by atoms with Crippen molar-refractivity contribution in [3.63, 3.8) is 0 Å². The molecule has 8 nitrogen and oxygen atoms in total. The minimum atomic E-state index is -1.50. The summed E-state index contributed by atoms with van der Waals surface area (Å²) in [6.07, 6.45) is 4.36. The van der Waals surface area contributed by atoms with Crippen molar-refractivity contribution in [3.8, 4) is 0 Å². The number of rotatable bonds is 4. The van der Waals surface area contributed by atoms with Gasteiger partial charge in [0.25, 0.3) is 5.09 Å². The number of aliphatic hydroxyl groups is 1. The summed E-state index contributed by atoms with van der Waals surface area (Å²) in [5.74, 6) is -0.853. The van der Waals surface area contributed by atoms with Crippen LogP contribution in [0.3, 0.4) is 0 Å². The molecule has 144 valence electrons. The number of quaternary nitrogens is 1. The first-order valence-corrected chi connectivity index (χ1v) is 8.78. The van der Waals surface area contributed by atoms with Crippen LogP contribution in [0.25, 0.3) is 0 Å². The molecule has 2 heterocycles. The molecule has 1 aromatic carbocycles. The van der Waals surface area contributed by atoms with Gasteiger partial charge in [-0.2, -0.15) is 0 Å². The van der Waals surface area contributed by atoms with Crippen LogP contribution >= 0.6 is 0 Å². The highest BCUT2D eigenvalue weighted by atomic mass is 16.9. The van der Waals surface area contributed by atoms with E-state index in [9.17, 15) is 9.90 Å². The zero-order valence-corrected chi connectivity index (χ0v) is 15.2.